The molecule has 0 spiro atoms. The number of carbonyl (C=O) groups is 1. The minimum atomic E-state index is -0.594. The van der Waals surface area contributed by atoms with Crippen LogP contribution >= 0.6 is 0 Å². The largest absolute Gasteiger partial charge is 0.496 e. The highest BCUT2D eigenvalue weighted by atomic mass is 19.1. The molecule has 1 unspecified atom stereocenters. The third-order valence-corrected chi connectivity index (χ3v) is 3.30. The number of halogens is 1. The van der Waals surface area contributed by atoms with Gasteiger partial charge in [-0.25, -0.2) is 4.39 Å². The van der Waals surface area contributed by atoms with Crippen molar-refractivity contribution in [2.75, 3.05) is 20.2 Å². The van der Waals surface area contributed by atoms with Crippen LogP contribution in [0, 0.1) is 23.1 Å². The highest BCUT2D eigenvalue weighted by Gasteiger charge is 2.28. The number of methoxy groups -OCH3 is 1. The number of benzene rings is 1. The molecule has 2 rings (SSSR count). The van der Waals surface area contributed by atoms with Gasteiger partial charge in [-0.2, -0.15) is 5.26 Å². The van der Waals surface area contributed by atoms with E-state index in [1.165, 1.54) is 24.1 Å². The van der Waals surface area contributed by atoms with Gasteiger partial charge in [0.2, 0.25) is 0 Å². The van der Waals surface area contributed by atoms with Gasteiger partial charge in [0, 0.05) is 13.1 Å². The maximum atomic E-state index is 13.8. The molecule has 1 heterocycles. The molecule has 1 aromatic rings. The Labute approximate surface area is 111 Å². The van der Waals surface area contributed by atoms with Crippen molar-refractivity contribution >= 4 is 5.91 Å². The molecule has 100 valence electrons. The van der Waals surface area contributed by atoms with Crippen LogP contribution in [0.5, 0.6) is 5.75 Å². The highest BCUT2D eigenvalue weighted by Crippen LogP contribution is 2.25. The van der Waals surface area contributed by atoms with Crippen molar-refractivity contribution in [3.05, 3.63) is 29.6 Å². The molecule has 1 aliphatic heterocycles. The maximum absolute atomic E-state index is 13.8. The summed E-state index contributed by atoms with van der Waals surface area (Å²) in [7, 11) is 1.40. The summed E-state index contributed by atoms with van der Waals surface area (Å²) in [6, 6.07) is 6.46. The lowest BCUT2D eigenvalue weighted by atomic mass is 9.99. The van der Waals surface area contributed by atoms with E-state index in [-0.39, 0.29) is 17.2 Å². The van der Waals surface area contributed by atoms with Crippen LogP contribution in [0.4, 0.5) is 4.39 Å². The number of carbonyl (C=O) groups excluding carboxylic acids is 1. The molecule has 1 fully saturated rings. The molecule has 1 saturated heterocycles. The van der Waals surface area contributed by atoms with E-state index in [0.29, 0.717) is 13.1 Å². The molecule has 4 nitrogen and oxygen atoms in total. The molecule has 0 aromatic heterocycles. The molecule has 1 amide bonds. The molecular formula is C14H15FN2O2. The number of amides is 1. The number of likely N-dealkylation sites (tertiary alicyclic amines) is 1. The molecule has 0 radical (unpaired) electrons. The molecule has 0 saturated carbocycles. The fourth-order valence-corrected chi connectivity index (χ4v) is 2.31. The van der Waals surface area contributed by atoms with E-state index in [2.05, 4.69) is 6.07 Å². The highest BCUT2D eigenvalue weighted by molar-refractivity contribution is 5.97. The molecular weight excluding hydrogens is 247 g/mol. The predicted octanol–water partition coefficient (Wildman–Crippen LogP) is 2.21. The monoisotopic (exact) mass is 262 g/mol. The quantitative estimate of drug-likeness (QED) is 0.821. The van der Waals surface area contributed by atoms with Gasteiger partial charge in [0.05, 0.1) is 19.1 Å². The first-order chi connectivity index (χ1) is 9.17. The lowest BCUT2D eigenvalue weighted by Gasteiger charge is -2.30. The Balaban J connectivity index is 2.27. The van der Waals surface area contributed by atoms with E-state index in [1.54, 1.807) is 6.07 Å². The number of hydrogen-bond donors (Lipinski definition) is 0. The van der Waals surface area contributed by atoms with Crippen LogP contribution in [-0.4, -0.2) is 31.0 Å². The van der Waals surface area contributed by atoms with Crippen LogP contribution in [0.3, 0.4) is 0 Å². The van der Waals surface area contributed by atoms with Gasteiger partial charge < -0.3 is 9.64 Å². The zero-order chi connectivity index (χ0) is 13.8. The third kappa shape index (κ3) is 2.68. The lowest BCUT2D eigenvalue weighted by Crippen LogP contribution is -2.40. The Bertz CT molecular complexity index is 525. The lowest BCUT2D eigenvalue weighted by molar-refractivity contribution is 0.0690. The number of piperidine rings is 1. The van der Waals surface area contributed by atoms with Crippen molar-refractivity contribution in [3.8, 4) is 11.8 Å². The van der Waals surface area contributed by atoms with E-state index in [0.717, 1.165) is 12.8 Å². The van der Waals surface area contributed by atoms with Crippen LogP contribution in [0.2, 0.25) is 0 Å². The molecule has 5 heteroatoms. The van der Waals surface area contributed by atoms with E-state index in [4.69, 9.17) is 10.00 Å². The van der Waals surface area contributed by atoms with E-state index in [9.17, 15) is 9.18 Å². The maximum Gasteiger partial charge on any atom is 0.260 e. The first kappa shape index (κ1) is 13.3. The minimum Gasteiger partial charge on any atom is -0.496 e. The number of ether oxygens (including phenoxy) is 1. The summed E-state index contributed by atoms with van der Waals surface area (Å²) in [5.74, 6) is -0.946. The first-order valence-electron chi connectivity index (χ1n) is 6.18. The van der Waals surface area contributed by atoms with Crippen molar-refractivity contribution in [2.45, 2.75) is 12.8 Å². The molecule has 0 N–H and O–H groups in total. The second-order valence-corrected chi connectivity index (χ2v) is 4.54. The number of rotatable bonds is 2. The Kier molecular flexibility index (Phi) is 4.00. The molecule has 0 bridgehead atoms. The van der Waals surface area contributed by atoms with Gasteiger partial charge in [-0.1, -0.05) is 6.07 Å². The SMILES string of the molecule is COc1cccc(F)c1C(=O)N1CCCC(C#N)C1. The van der Waals surface area contributed by atoms with E-state index < -0.39 is 11.7 Å². The number of nitrogens with zero attached hydrogens (tertiary/aromatic N) is 2. The average Bonchev–Trinajstić information content (AvgIpc) is 2.46. The normalized spacial score (nSPS) is 18.8. The molecule has 19 heavy (non-hydrogen) atoms. The van der Waals surface area contributed by atoms with Crippen LogP contribution in [0.25, 0.3) is 0 Å². The predicted molar refractivity (Wildman–Crippen MR) is 67.2 cm³/mol. The molecule has 1 aromatic carbocycles. The molecule has 1 atom stereocenters. The first-order valence-corrected chi connectivity index (χ1v) is 6.18. The van der Waals surface area contributed by atoms with Crippen molar-refractivity contribution in [1.29, 1.82) is 5.26 Å². The topological polar surface area (TPSA) is 53.3 Å². The van der Waals surface area contributed by atoms with E-state index in [1.807, 2.05) is 0 Å². The van der Waals surface area contributed by atoms with Gasteiger partial charge in [0.1, 0.15) is 17.1 Å². The summed E-state index contributed by atoms with van der Waals surface area (Å²) in [6.07, 6.45) is 1.55. The smallest absolute Gasteiger partial charge is 0.260 e. The zero-order valence-corrected chi connectivity index (χ0v) is 10.7. The summed E-state index contributed by atoms with van der Waals surface area (Å²) in [4.78, 5) is 13.9. The van der Waals surface area contributed by atoms with Crippen molar-refractivity contribution in [2.24, 2.45) is 5.92 Å². The number of nitriles is 1. The second kappa shape index (κ2) is 5.70. The van der Waals surface area contributed by atoms with Crippen molar-refractivity contribution < 1.29 is 13.9 Å². The zero-order valence-electron chi connectivity index (χ0n) is 10.7. The Morgan fingerprint density at radius 2 is 2.37 bits per heavy atom. The molecule has 0 aliphatic carbocycles. The van der Waals surface area contributed by atoms with Gasteiger partial charge in [-0.05, 0) is 25.0 Å². The van der Waals surface area contributed by atoms with Crippen LogP contribution in [0.15, 0.2) is 18.2 Å². The Morgan fingerprint density at radius 1 is 1.58 bits per heavy atom. The summed E-state index contributed by atoms with van der Waals surface area (Å²) in [5.41, 5.74) is -0.0522. The van der Waals surface area contributed by atoms with Gasteiger partial charge in [-0.15, -0.1) is 0 Å². The van der Waals surface area contributed by atoms with Gasteiger partial charge in [-0.3, -0.25) is 4.79 Å². The van der Waals surface area contributed by atoms with Gasteiger partial charge in [0.15, 0.2) is 0 Å². The van der Waals surface area contributed by atoms with Gasteiger partial charge in [0.25, 0.3) is 5.91 Å². The van der Waals surface area contributed by atoms with E-state index >= 15 is 0 Å². The van der Waals surface area contributed by atoms with Crippen LogP contribution in [0.1, 0.15) is 23.2 Å². The summed E-state index contributed by atoms with van der Waals surface area (Å²) >= 11 is 0. The number of hydrogen-bond acceptors (Lipinski definition) is 3. The minimum absolute atomic E-state index is 0.0522. The Hall–Kier alpha value is -2.09. The van der Waals surface area contributed by atoms with Crippen LogP contribution in [-0.2, 0) is 0 Å². The van der Waals surface area contributed by atoms with Gasteiger partial charge >= 0.3 is 0 Å². The Morgan fingerprint density at radius 3 is 3.05 bits per heavy atom. The second-order valence-electron chi connectivity index (χ2n) is 4.54. The fraction of sp³-hybridized carbons (Fsp3) is 0.429. The third-order valence-electron chi connectivity index (χ3n) is 3.30. The van der Waals surface area contributed by atoms with Crippen LogP contribution < -0.4 is 4.74 Å². The summed E-state index contributed by atoms with van der Waals surface area (Å²) in [6.45, 7) is 0.904. The average molecular weight is 262 g/mol. The summed E-state index contributed by atoms with van der Waals surface area (Å²) < 4.78 is 18.9. The van der Waals surface area contributed by atoms with Crippen molar-refractivity contribution in [1.82, 2.24) is 4.90 Å². The molecule has 1 aliphatic rings. The van der Waals surface area contributed by atoms with Crippen molar-refractivity contribution in [3.63, 3.8) is 0 Å². The fourth-order valence-electron chi connectivity index (χ4n) is 2.31. The summed E-state index contributed by atoms with van der Waals surface area (Å²) in [5, 5.41) is 8.93. The standard InChI is InChI=1S/C14H15FN2O2/c1-19-12-6-2-5-11(15)13(12)14(18)17-7-3-4-10(8-16)9-17/h2,5-6,10H,3-4,7,9H2,1H3.